The van der Waals surface area contributed by atoms with Gasteiger partial charge in [0.2, 0.25) is 15.9 Å². The summed E-state index contributed by atoms with van der Waals surface area (Å²) in [4.78, 5) is 12.3. The molecule has 0 aromatic heterocycles. The average Bonchev–Trinajstić information content (AvgIpc) is 3.19. The van der Waals surface area contributed by atoms with E-state index in [-0.39, 0.29) is 16.9 Å². The van der Waals surface area contributed by atoms with Crippen molar-refractivity contribution < 1.29 is 17.9 Å². The molecule has 0 aliphatic heterocycles. The van der Waals surface area contributed by atoms with Gasteiger partial charge < -0.3 is 10.1 Å². The summed E-state index contributed by atoms with van der Waals surface area (Å²) in [7, 11) is -3.86. The zero-order valence-electron chi connectivity index (χ0n) is 16.4. The first-order valence-electron chi connectivity index (χ1n) is 9.76. The fourth-order valence-electron chi connectivity index (χ4n) is 3.44. The van der Waals surface area contributed by atoms with E-state index in [1.807, 2.05) is 31.2 Å². The molecule has 2 aromatic rings. The summed E-state index contributed by atoms with van der Waals surface area (Å²) < 4.78 is 29.5. The second-order valence-electron chi connectivity index (χ2n) is 7.14. The highest BCUT2D eigenvalue weighted by atomic mass is 32.2. The first kappa shape index (κ1) is 21.1. The van der Waals surface area contributed by atoms with E-state index < -0.39 is 10.0 Å². The van der Waals surface area contributed by atoms with E-state index in [2.05, 4.69) is 5.32 Å². The maximum absolute atomic E-state index is 12.3. The second kappa shape index (κ2) is 9.24. The number of hydrogen-bond acceptors (Lipinski definition) is 4. The molecule has 0 atom stereocenters. The molecule has 0 radical (unpaired) electrons. The van der Waals surface area contributed by atoms with Crippen molar-refractivity contribution in [2.75, 3.05) is 5.32 Å². The molecule has 3 rings (SSSR count). The number of aryl methyl sites for hydroxylation is 1. The number of primary sulfonamides is 1. The zero-order chi connectivity index (χ0) is 20.9. The molecule has 1 saturated carbocycles. The maximum atomic E-state index is 12.3. The lowest BCUT2D eigenvalue weighted by molar-refractivity contribution is -0.111. The Labute approximate surface area is 171 Å². The number of benzene rings is 2. The molecule has 1 aliphatic carbocycles. The molecule has 7 heteroatoms. The topological polar surface area (TPSA) is 98.5 Å². The van der Waals surface area contributed by atoms with Crippen molar-refractivity contribution in [1.29, 1.82) is 0 Å². The minimum atomic E-state index is -3.86. The molecule has 2 aromatic carbocycles. The molecule has 0 bridgehead atoms. The summed E-state index contributed by atoms with van der Waals surface area (Å²) in [6.45, 7) is 1.84. The summed E-state index contributed by atoms with van der Waals surface area (Å²) in [6.07, 6.45) is 8.47. The Kier molecular flexibility index (Phi) is 6.71. The number of sulfonamides is 1. The van der Waals surface area contributed by atoms with Crippen molar-refractivity contribution in [2.45, 2.75) is 50.0 Å². The van der Waals surface area contributed by atoms with E-state index in [1.165, 1.54) is 25.0 Å². The van der Waals surface area contributed by atoms with Crippen molar-refractivity contribution in [3.63, 3.8) is 0 Å². The summed E-state index contributed by atoms with van der Waals surface area (Å²) in [5.41, 5.74) is 1.83. The Morgan fingerprint density at radius 2 is 1.97 bits per heavy atom. The second-order valence-corrected chi connectivity index (χ2v) is 8.67. The quantitative estimate of drug-likeness (QED) is 0.672. The highest BCUT2D eigenvalue weighted by Gasteiger charge is 2.16. The van der Waals surface area contributed by atoms with Crippen molar-refractivity contribution in [3.05, 3.63) is 59.7 Å². The summed E-state index contributed by atoms with van der Waals surface area (Å²) >= 11 is 0. The predicted molar refractivity (Wildman–Crippen MR) is 114 cm³/mol. The molecule has 0 heterocycles. The predicted octanol–water partition coefficient (Wildman–Crippen LogP) is 3.87. The molecule has 1 fully saturated rings. The van der Waals surface area contributed by atoms with Gasteiger partial charge in [0.15, 0.2) is 0 Å². The number of nitrogens with two attached hydrogens (primary N) is 1. The van der Waals surface area contributed by atoms with E-state index in [0.29, 0.717) is 17.7 Å². The molecular formula is C22H26N2O4S. The van der Waals surface area contributed by atoms with E-state index >= 15 is 0 Å². The van der Waals surface area contributed by atoms with E-state index in [9.17, 15) is 13.2 Å². The molecule has 0 unspecified atom stereocenters. The van der Waals surface area contributed by atoms with Crippen LogP contribution >= 0.6 is 0 Å². The van der Waals surface area contributed by atoms with Gasteiger partial charge in [-0.25, -0.2) is 13.6 Å². The highest BCUT2D eigenvalue weighted by Crippen LogP contribution is 2.25. The van der Waals surface area contributed by atoms with E-state index in [1.54, 1.807) is 18.2 Å². The number of anilines is 1. The third kappa shape index (κ3) is 5.92. The molecule has 1 amide bonds. The maximum Gasteiger partial charge on any atom is 0.248 e. The standard InChI is InChI=1S/C22H26N2O4S/c1-2-17-11-12-18(15-21(17)29(23,26)27)24-22(25)13-10-16-6-5-9-20(14-16)28-19-7-3-4-8-19/h5-6,9-15,19H,2-4,7-8H2,1H3,(H,24,25)(H2,23,26,27)/b13-10+. The molecule has 3 N–H and O–H groups in total. The van der Waals surface area contributed by atoms with Crippen LogP contribution in [0.15, 0.2) is 53.4 Å². The third-order valence-electron chi connectivity index (χ3n) is 4.91. The van der Waals surface area contributed by atoms with Crippen LogP contribution in [-0.4, -0.2) is 20.4 Å². The number of carbonyl (C=O) groups is 1. The van der Waals surface area contributed by atoms with Crippen molar-refractivity contribution in [2.24, 2.45) is 5.14 Å². The lowest BCUT2D eigenvalue weighted by atomic mass is 10.1. The largest absolute Gasteiger partial charge is 0.490 e. The number of ether oxygens (including phenoxy) is 1. The van der Waals surface area contributed by atoms with Gasteiger partial charge in [0.05, 0.1) is 11.0 Å². The van der Waals surface area contributed by atoms with Gasteiger partial charge in [-0.1, -0.05) is 25.1 Å². The Morgan fingerprint density at radius 1 is 1.21 bits per heavy atom. The summed E-state index contributed by atoms with van der Waals surface area (Å²) in [5.74, 6) is 0.434. The average molecular weight is 415 g/mol. The van der Waals surface area contributed by atoms with Crippen LogP contribution in [0.2, 0.25) is 0 Å². The smallest absolute Gasteiger partial charge is 0.248 e. The Morgan fingerprint density at radius 3 is 2.66 bits per heavy atom. The van der Waals surface area contributed by atoms with Crippen LogP contribution in [-0.2, 0) is 21.2 Å². The van der Waals surface area contributed by atoms with Gasteiger partial charge in [0.25, 0.3) is 0 Å². The van der Waals surface area contributed by atoms with Gasteiger partial charge in [0.1, 0.15) is 5.75 Å². The summed E-state index contributed by atoms with van der Waals surface area (Å²) in [6, 6.07) is 12.3. The first-order chi connectivity index (χ1) is 13.8. The van der Waals surface area contributed by atoms with Gasteiger partial charge in [-0.3, -0.25) is 4.79 Å². The van der Waals surface area contributed by atoms with Crippen LogP contribution in [0.1, 0.15) is 43.7 Å². The van der Waals surface area contributed by atoms with Crippen molar-refractivity contribution >= 4 is 27.7 Å². The Balaban J connectivity index is 1.67. The molecule has 154 valence electrons. The van der Waals surface area contributed by atoms with E-state index in [4.69, 9.17) is 9.88 Å². The van der Waals surface area contributed by atoms with Crippen LogP contribution in [0, 0.1) is 0 Å². The molecule has 6 nitrogen and oxygen atoms in total. The zero-order valence-corrected chi connectivity index (χ0v) is 17.2. The monoisotopic (exact) mass is 414 g/mol. The van der Waals surface area contributed by atoms with Crippen LogP contribution in [0.25, 0.3) is 6.08 Å². The van der Waals surface area contributed by atoms with Gasteiger partial charge in [-0.05, 0) is 73.6 Å². The van der Waals surface area contributed by atoms with E-state index in [0.717, 1.165) is 24.2 Å². The number of carbonyl (C=O) groups excluding carboxylic acids is 1. The molecule has 1 aliphatic rings. The van der Waals surface area contributed by atoms with Crippen LogP contribution in [0.3, 0.4) is 0 Å². The van der Waals surface area contributed by atoms with Crippen LogP contribution < -0.4 is 15.2 Å². The minimum absolute atomic E-state index is 0.0264. The number of rotatable bonds is 7. The normalized spacial score (nSPS) is 15.0. The van der Waals surface area contributed by atoms with Crippen molar-refractivity contribution in [1.82, 2.24) is 0 Å². The number of amides is 1. The first-order valence-corrected chi connectivity index (χ1v) is 11.3. The molecule has 0 saturated heterocycles. The van der Waals surface area contributed by atoms with Crippen LogP contribution in [0.4, 0.5) is 5.69 Å². The fourth-order valence-corrected chi connectivity index (χ4v) is 4.30. The summed E-state index contributed by atoms with van der Waals surface area (Å²) in [5, 5.41) is 7.95. The molecule has 0 spiro atoms. The van der Waals surface area contributed by atoms with Gasteiger partial charge >= 0.3 is 0 Å². The number of hydrogen-bond donors (Lipinski definition) is 2. The molecule has 29 heavy (non-hydrogen) atoms. The highest BCUT2D eigenvalue weighted by molar-refractivity contribution is 7.89. The SMILES string of the molecule is CCc1ccc(NC(=O)/C=C/c2cccc(OC3CCCC3)c2)cc1S(N)(=O)=O. The van der Waals surface area contributed by atoms with Gasteiger partial charge in [-0.2, -0.15) is 0 Å². The number of nitrogens with one attached hydrogen (secondary N) is 1. The Bertz CT molecular complexity index is 1010. The fraction of sp³-hybridized carbons (Fsp3) is 0.318. The van der Waals surface area contributed by atoms with Crippen molar-refractivity contribution in [3.8, 4) is 5.75 Å². The van der Waals surface area contributed by atoms with Gasteiger partial charge in [-0.15, -0.1) is 0 Å². The lowest BCUT2D eigenvalue weighted by Gasteiger charge is -2.13. The van der Waals surface area contributed by atoms with Crippen LogP contribution in [0.5, 0.6) is 5.75 Å². The molecular weight excluding hydrogens is 388 g/mol. The minimum Gasteiger partial charge on any atom is -0.490 e. The Hall–Kier alpha value is -2.64. The lowest BCUT2D eigenvalue weighted by Crippen LogP contribution is -2.15. The third-order valence-corrected chi connectivity index (χ3v) is 5.91. The van der Waals surface area contributed by atoms with Gasteiger partial charge in [0, 0.05) is 11.8 Å².